The Morgan fingerprint density at radius 2 is 2.36 bits per heavy atom. The zero-order valence-electron chi connectivity index (χ0n) is 6.67. The molecule has 0 bridgehead atoms. The summed E-state index contributed by atoms with van der Waals surface area (Å²) in [5, 5.41) is 3.34. The van der Waals surface area contributed by atoms with E-state index in [9.17, 15) is 0 Å². The van der Waals surface area contributed by atoms with Crippen LogP contribution < -0.4 is 5.32 Å². The highest BCUT2D eigenvalue weighted by molar-refractivity contribution is 5.18. The Labute approximate surface area is 66.7 Å². The molecule has 0 amide bonds. The number of pyridine rings is 1. The molecular formula is C9H12N2. The van der Waals surface area contributed by atoms with Gasteiger partial charge in [0.15, 0.2) is 0 Å². The number of nitrogens with zero attached hydrogens (tertiary/aromatic N) is 1. The maximum Gasteiger partial charge on any atom is 0.0372 e. The molecule has 0 radical (unpaired) electrons. The van der Waals surface area contributed by atoms with Crippen LogP contribution in [0.5, 0.6) is 0 Å². The minimum absolute atomic E-state index is 0.572. The fourth-order valence-corrected chi connectivity index (χ4v) is 1.26. The van der Waals surface area contributed by atoms with Crippen molar-refractivity contribution in [3.05, 3.63) is 29.6 Å². The van der Waals surface area contributed by atoms with E-state index in [4.69, 9.17) is 0 Å². The number of hydrogen-bond donors (Lipinski definition) is 1. The quantitative estimate of drug-likeness (QED) is 0.651. The van der Waals surface area contributed by atoms with Crippen molar-refractivity contribution in [1.82, 2.24) is 10.3 Å². The molecule has 1 N–H and O–H groups in total. The Morgan fingerprint density at radius 3 is 2.82 bits per heavy atom. The highest BCUT2D eigenvalue weighted by atomic mass is 15.0. The molecule has 2 heterocycles. The van der Waals surface area contributed by atoms with E-state index in [-0.39, 0.29) is 0 Å². The fraction of sp³-hybridized carbons (Fsp3) is 0.444. The molecule has 0 unspecified atom stereocenters. The average molecular weight is 148 g/mol. The van der Waals surface area contributed by atoms with Gasteiger partial charge in [0.2, 0.25) is 0 Å². The topological polar surface area (TPSA) is 24.9 Å². The second-order valence-electron chi connectivity index (χ2n) is 3.03. The molecule has 58 valence electrons. The van der Waals surface area contributed by atoms with Crippen molar-refractivity contribution in [3.8, 4) is 0 Å². The molecule has 1 aliphatic rings. The third-order valence-corrected chi connectivity index (χ3v) is 2.16. The lowest BCUT2D eigenvalue weighted by Gasteiger charge is -2.27. The predicted octanol–water partition coefficient (Wildman–Crippen LogP) is 1.42. The summed E-state index contributed by atoms with van der Waals surface area (Å²) < 4.78 is 0. The second kappa shape index (κ2) is 2.62. The fourth-order valence-electron chi connectivity index (χ4n) is 1.26. The zero-order chi connectivity index (χ0) is 7.68. The lowest BCUT2D eigenvalue weighted by Crippen LogP contribution is -2.34. The average Bonchev–Trinajstić information content (AvgIpc) is 1.90. The largest absolute Gasteiger partial charge is 0.310 e. The summed E-state index contributed by atoms with van der Waals surface area (Å²) >= 11 is 0. The molecule has 1 saturated heterocycles. The number of rotatable bonds is 1. The molecule has 1 aliphatic heterocycles. The molecule has 1 atom stereocenters. The van der Waals surface area contributed by atoms with E-state index in [1.807, 2.05) is 13.1 Å². The molecule has 1 aromatic rings. The first kappa shape index (κ1) is 6.80. The van der Waals surface area contributed by atoms with Crippen LogP contribution in [0.3, 0.4) is 0 Å². The van der Waals surface area contributed by atoms with Gasteiger partial charge >= 0.3 is 0 Å². The minimum atomic E-state index is 0.572. The van der Waals surface area contributed by atoms with Gasteiger partial charge in [-0.25, -0.2) is 0 Å². The molecular weight excluding hydrogens is 136 g/mol. The Kier molecular flexibility index (Phi) is 1.62. The molecule has 0 aromatic carbocycles. The van der Waals surface area contributed by atoms with Crippen LogP contribution in [0.25, 0.3) is 0 Å². The van der Waals surface area contributed by atoms with Gasteiger partial charge in [-0.05, 0) is 31.5 Å². The number of aryl methyl sites for hydroxylation is 1. The van der Waals surface area contributed by atoms with Gasteiger partial charge in [0.25, 0.3) is 0 Å². The van der Waals surface area contributed by atoms with Crippen LogP contribution in [0.4, 0.5) is 0 Å². The summed E-state index contributed by atoms with van der Waals surface area (Å²) in [6.45, 7) is 3.16. The van der Waals surface area contributed by atoms with Gasteiger partial charge in [0.05, 0.1) is 0 Å². The van der Waals surface area contributed by atoms with Gasteiger partial charge in [-0.1, -0.05) is 6.07 Å². The summed E-state index contributed by atoms with van der Waals surface area (Å²) in [5.74, 6) is 0. The van der Waals surface area contributed by atoms with Gasteiger partial charge in [0, 0.05) is 17.9 Å². The second-order valence-corrected chi connectivity index (χ2v) is 3.03. The maximum absolute atomic E-state index is 4.24. The highest BCUT2D eigenvalue weighted by Gasteiger charge is 2.17. The summed E-state index contributed by atoms with van der Waals surface area (Å²) in [4.78, 5) is 4.24. The molecule has 2 heteroatoms. The van der Waals surface area contributed by atoms with Gasteiger partial charge in [-0.3, -0.25) is 4.98 Å². The van der Waals surface area contributed by atoms with E-state index in [2.05, 4.69) is 22.4 Å². The van der Waals surface area contributed by atoms with Crippen LogP contribution in [0.15, 0.2) is 18.3 Å². The number of aromatic nitrogens is 1. The molecule has 1 aromatic heterocycles. The van der Waals surface area contributed by atoms with Crippen LogP contribution >= 0.6 is 0 Å². The molecule has 0 spiro atoms. The van der Waals surface area contributed by atoms with E-state index in [0.717, 1.165) is 12.2 Å². The Bertz CT molecular complexity index is 236. The zero-order valence-corrected chi connectivity index (χ0v) is 6.67. The van der Waals surface area contributed by atoms with Crippen molar-refractivity contribution in [3.63, 3.8) is 0 Å². The van der Waals surface area contributed by atoms with Crippen LogP contribution in [-0.2, 0) is 0 Å². The van der Waals surface area contributed by atoms with Crippen molar-refractivity contribution >= 4 is 0 Å². The number of hydrogen-bond acceptors (Lipinski definition) is 2. The van der Waals surface area contributed by atoms with E-state index in [0.29, 0.717) is 6.04 Å². The summed E-state index contributed by atoms with van der Waals surface area (Å²) in [7, 11) is 0. The van der Waals surface area contributed by atoms with Crippen molar-refractivity contribution in [2.45, 2.75) is 19.4 Å². The van der Waals surface area contributed by atoms with Gasteiger partial charge in [0.1, 0.15) is 0 Å². The Hall–Kier alpha value is -0.890. The first-order valence-corrected chi connectivity index (χ1v) is 4.02. The molecule has 0 aliphatic carbocycles. The monoisotopic (exact) mass is 148 g/mol. The van der Waals surface area contributed by atoms with E-state index in [1.54, 1.807) is 0 Å². The Morgan fingerprint density at radius 1 is 1.55 bits per heavy atom. The van der Waals surface area contributed by atoms with E-state index < -0.39 is 0 Å². The van der Waals surface area contributed by atoms with Crippen LogP contribution in [-0.4, -0.2) is 11.5 Å². The third-order valence-electron chi connectivity index (χ3n) is 2.16. The van der Waals surface area contributed by atoms with Gasteiger partial charge < -0.3 is 5.32 Å². The van der Waals surface area contributed by atoms with Gasteiger partial charge in [-0.2, -0.15) is 0 Å². The SMILES string of the molecule is Cc1ccc([C@@H]2CCN2)cn1. The molecule has 11 heavy (non-hydrogen) atoms. The summed E-state index contributed by atoms with van der Waals surface area (Å²) in [6.07, 6.45) is 3.22. The summed E-state index contributed by atoms with van der Waals surface area (Å²) in [5.41, 5.74) is 2.41. The first-order chi connectivity index (χ1) is 5.36. The normalized spacial score (nSPS) is 22.8. The smallest absolute Gasteiger partial charge is 0.0372 e. The lowest BCUT2D eigenvalue weighted by atomic mass is 10.00. The Balaban J connectivity index is 2.18. The lowest BCUT2D eigenvalue weighted by molar-refractivity contribution is 0.382. The minimum Gasteiger partial charge on any atom is -0.310 e. The third kappa shape index (κ3) is 1.26. The molecule has 1 fully saturated rings. The molecule has 2 rings (SSSR count). The number of nitrogens with one attached hydrogen (secondary N) is 1. The van der Waals surface area contributed by atoms with E-state index in [1.165, 1.54) is 12.0 Å². The first-order valence-electron chi connectivity index (χ1n) is 4.02. The van der Waals surface area contributed by atoms with Crippen LogP contribution in [0, 0.1) is 6.92 Å². The molecule has 2 nitrogen and oxygen atoms in total. The predicted molar refractivity (Wildman–Crippen MR) is 44.3 cm³/mol. The highest BCUT2D eigenvalue weighted by Crippen LogP contribution is 2.21. The molecule has 0 saturated carbocycles. The standard InChI is InChI=1S/C9H12N2/c1-7-2-3-8(6-11-7)9-4-5-10-9/h2-3,6,9-10H,4-5H2,1H3/t9-/m0/s1. The van der Waals surface area contributed by atoms with Crippen molar-refractivity contribution in [2.24, 2.45) is 0 Å². The maximum atomic E-state index is 4.24. The van der Waals surface area contributed by atoms with E-state index >= 15 is 0 Å². The van der Waals surface area contributed by atoms with Crippen molar-refractivity contribution in [1.29, 1.82) is 0 Å². The van der Waals surface area contributed by atoms with Crippen molar-refractivity contribution in [2.75, 3.05) is 6.54 Å². The summed E-state index contributed by atoms with van der Waals surface area (Å²) in [6, 6.07) is 4.79. The van der Waals surface area contributed by atoms with Crippen molar-refractivity contribution < 1.29 is 0 Å². The van der Waals surface area contributed by atoms with Gasteiger partial charge in [-0.15, -0.1) is 0 Å². The van der Waals surface area contributed by atoms with Crippen LogP contribution in [0.1, 0.15) is 23.7 Å². The van der Waals surface area contributed by atoms with Crippen LogP contribution in [0.2, 0.25) is 0 Å².